The van der Waals surface area contributed by atoms with Gasteiger partial charge in [0.15, 0.2) is 11.4 Å². The molecule has 0 radical (unpaired) electrons. The van der Waals surface area contributed by atoms with Gasteiger partial charge in [-0.15, -0.1) is 6.42 Å². The number of halogens is 2. The Hall–Kier alpha value is -4.13. The third-order valence-electron chi connectivity index (χ3n) is 5.67. The molecule has 8 nitrogen and oxygen atoms in total. The molecule has 0 aliphatic heterocycles. The first kappa shape index (κ1) is 25.9. The van der Waals surface area contributed by atoms with E-state index < -0.39 is 17.0 Å². The van der Waals surface area contributed by atoms with Gasteiger partial charge in [-0.1, -0.05) is 17.5 Å². The Balaban J connectivity index is 1.72. The zero-order valence-electron chi connectivity index (χ0n) is 20.6. The van der Waals surface area contributed by atoms with Crippen LogP contribution < -0.4 is 10.3 Å². The first-order valence-electron chi connectivity index (χ1n) is 11.2. The highest BCUT2D eigenvalue weighted by Gasteiger charge is 2.24. The summed E-state index contributed by atoms with van der Waals surface area (Å²) in [5.74, 6) is 1.91. The van der Waals surface area contributed by atoms with Crippen LogP contribution in [-0.4, -0.2) is 29.6 Å². The highest BCUT2D eigenvalue weighted by Crippen LogP contribution is 2.27. The molecule has 4 aromatic heterocycles. The number of ether oxygens (including phenoxy) is 1. The van der Waals surface area contributed by atoms with Gasteiger partial charge in [0, 0.05) is 30.4 Å². The molecule has 188 valence electrons. The smallest absolute Gasteiger partial charge is 0.277 e. The van der Waals surface area contributed by atoms with Crippen LogP contribution in [0.4, 0.5) is 4.39 Å². The Morgan fingerprint density at radius 2 is 1.92 bits per heavy atom. The summed E-state index contributed by atoms with van der Waals surface area (Å²) in [6.45, 7) is 6.48. The summed E-state index contributed by atoms with van der Waals surface area (Å²) in [5.41, 5.74) is 1.21. The van der Waals surface area contributed by atoms with Crippen LogP contribution in [0.3, 0.4) is 0 Å². The molecule has 4 heterocycles. The van der Waals surface area contributed by atoms with Crippen LogP contribution >= 0.6 is 11.6 Å². The van der Waals surface area contributed by atoms with E-state index in [9.17, 15) is 14.3 Å². The van der Waals surface area contributed by atoms with Crippen molar-refractivity contribution in [3.05, 3.63) is 92.4 Å². The summed E-state index contributed by atoms with van der Waals surface area (Å²) >= 11 is 6.39. The molecule has 0 spiro atoms. The van der Waals surface area contributed by atoms with Crippen LogP contribution in [0.15, 0.2) is 47.7 Å². The molecule has 0 aliphatic rings. The predicted molar refractivity (Wildman–Crippen MR) is 137 cm³/mol. The molecule has 0 aromatic carbocycles. The van der Waals surface area contributed by atoms with Crippen LogP contribution in [-0.2, 0) is 12.2 Å². The lowest BCUT2D eigenvalue weighted by Gasteiger charge is -2.17. The molecule has 0 amide bonds. The number of hydrogen-bond acceptors (Lipinski definition) is 7. The number of pyridine rings is 3. The van der Waals surface area contributed by atoms with Gasteiger partial charge in [0.2, 0.25) is 0 Å². The van der Waals surface area contributed by atoms with E-state index in [1.54, 1.807) is 45.2 Å². The van der Waals surface area contributed by atoms with Gasteiger partial charge in [-0.05, 0) is 57.0 Å². The zero-order chi connectivity index (χ0) is 26.9. The average Bonchev–Trinajstić information content (AvgIpc) is 2.87. The van der Waals surface area contributed by atoms with Gasteiger partial charge >= 0.3 is 0 Å². The van der Waals surface area contributed by atoms with Crippen molar-refractivity contribution in [2.45, 2.75) is 39.9 Å². The standard InChI is InChI=1S/C27H23ClFN5O3/c1-6-27(5,36)26-30-8-7-19(33-26)20-11-22(16(3)13-32-20)34-17(4)10-23(24(28)25(34)35)37-14-21-18(29)9-15(2)12-31-21/h1,7-13,36H,14H2,2-5H3. The number of terminal acetylenes is 1. The van der Waals surface area contributed by atoms with Gasteiger partial charge in [-0.3, -0.25) is 19.3 Å². The Morgan fingerprint density at radius 3 is 2.62 bits per heavy atom. The highest BCUT2D eigenvalue weighted by molar-refractivity contribution is 6.31. The summed E-state index contributed by atoms with van der Waals surface area (Å²) < 4.78 is 21.2. The van der Waals surface area contributed by atoms with Gasteiger partial charge in [-0.25, -0.2) is 14.4 Å². The van der Waals surface area contributed by atoms with Gasteiger partial charge in [0.05, 0.1) is 17.1 Å². The molecular weight excluding hydrogens is 497 g/mol. The molecule has 4 rings (SSSR count). The molecule has 0 fully saturated rings. The van der Waals surface area contributed by atoms with E-state index in [4.69, 9.17) is 22.8 Å². The predicted octanol–water partition coefficient (Wildman–Crippen LogP) is 4.22. The molecule has 1 atom stereocenters. The Bertz CT molecular complexity index is 1610. The lowest BCUT2D eigenvalue weighted by Crippen LogP contribution is -2.23. The molecule has 1 N–H and O–H groups in total. The van der Waals surface area contributed by atoms with E-state index in [2.05, 4.69) is 25.9 Å². The monoisotopic (exact) mass is 519 g/mol. The third-order valence-corrected chi connectivity index (χ3v) is 6.02. The summed E-state index contributed by atoms with van der Waals surface area (Å²) in [7, 11) is 0. The molecule has 0 aliphatic carbocycles. The van der Waals surface area contributed by atoms with E-state index in [1.807, 2.05) is 0 Å². The minimum Gasteiger partial charge on any atom is -0.485 e. The Morgan fingerprint density at radius 1 is 1.16 bits per heavy atom. The summed E-state index contributed by atoms with van der Waals surface area (Å²) in [5, 5.41) is 10.2. The van der Waals surface area contributed by atoms with Crippen molar-refractivity contribution in [2.24, 2.45) is 0 Å². The van der Waals surface area contributed by atoms with E-state index in [0.29, 0.717) is 33.9 Å². The molecule has 1 unspecified atom stereocenters. The van der Waals surface area contributed by atoms with Gasteiger partial charge in [0.1, 0.15) is 28.9 Å². The average molecular weight is 520 g/mol. The molecule has 0 saturated heterocycles. The molecule has 4 aromatic rings. The largest absolute Gasteiger partial charge is 0.485 e. The van der Waals surface area contributed by atoms with Gasteiger partial charge in [-0.2, -0.15) is 0 Å². The van der Waals surface area contributed by atoms with Crippen molar-refractivity contribution in [1.29, 1.82) is 0 Å². The lowest BCUT2D eigenvalue weighted by atomic mass is 10.1. The highest BCUT2D eigenvalue weighted by atomic mass is 35.5. The fraction of sp³-hybridized carbons (Fsp3) is 0.222. The first-order chi connectivity index (χ1) is 17.5. The third kappa shape index (κ3) is 5.21. The zero-order valence-corrected chi connectivity index (χ0v) is 21.3. The van der Waals surface area contributed by atoms with Crippen LogP contribution in [0.1, 0.15) is 35.3 Å². The maximum absolute atomic E-state index is 14.2. The SMILES string of the molecule is C#CC(C)(O)c1nccc(-c2cc(-n3c(C)cc(OCc4ncc(C)cc4F)c(Cl)c3=O)c(C)cn2)n1. The van der Waals surface area contributed by atoms with Crippen molar-refractivity contribution < 1.29 is 14.2 Å². The topological polar surface area (TPSA) is 103 Å². The van der Waals surface area contributed by atoms with E-state index >= 15 is 0 Å². The normalized spacial score (nSPS) is 12.6. The second-order valence-electron chi connectivity index (χ2n) is 8.67. The van der Waals surface area contributed by atoms with Crippen molar-refractivity contribution in [1.82, 2.24) is 24.5 Å². The maximum Gasteiger partial charge on any atom is 0.277 e. The number of hydrogen-bond donors (Lipinski definition) is 1. The molecule has 37 heavy (non-hydrogen) atoms. The number of rotatable bonds is 6. The van der Waals surface area contributed by atoms with Crippen molar-refractivity contribution in [3.63, 3.8) is 0 Å². The van der Waals surface area contributed by atoms with Gasteiger partial charge in [0.25, 0.3) is 5.56 Å². The Kier molecular flexibility index (Phi) is 7.07. The quantitative estimate of drug-likeness (QED) is 0.380. The van der Waals surface area contributed by atoms with Crippen molar-refractivity contribution >= 4 is 11.6 Å². The maximum atomic E-state index is 14.2. The minimum atomic E-state index is -1.66. The fourth-order valence-corrected chi connectivity index (χ4v) is 3.79. The Labute approximate surface area is 217 Å². The second kappa shape index (κ2) is 10.1. The van der Waals surface area contributed by atoms with Crippen LogP contribution in [0.2, 0.25) is 5.02 Å². The number of aryl methyl sites for hydroxylation is 3. The molecular formula is C27H23ClFN5O3. The minimum absolute atomic E-state index is 0.0498. The molecule has 0 bridgehead atoms. The number of aliphatic hydroxyl groups is 1. The second-order valence-corrected chi connectivity index (χ2v) is 9.05. The summed E-state index contributed by atoms with van der Waals surface area (Å²) in [6.07, 6.45) is 10.00. The first-order valence-corrected chi connectivity index (χ1v) is 11.6. The summed E-state index contributed by atoms with van der Waals surface area (Å²) in [4.78, 5) is 30.2. The van der Waals surface area contributed by atoms with Crippen LogP contribution in [0.5, 0.6) is 5.75 Å². The van der Waals surface area contributed by atoms with Gasteiger partial charge < -0.3 is 9.84 Å². The molecule has 10 heteroatoms. The fourth-order valence-electron chi connectivity index (χ4n) is 3.59. The van der Waals surface area contributed by atoms with Crippen LogP contribution in [0.25, 0.3) is 17.1 Å². The lowest BCUT2D eigenvalue weighted by molar-refractivity contribution is 0.112. The van der Waals surface area contributed by atoms with Crippen molar-refractivity contribution in [3.8, 4) is 35.2 Å². The van der Waals surface area contributed by atoms with E-state index in [1.165, 1.54) is 30.0 Å². The van der Waals surface area contributed by atoms with Crippen LogP contribution in [0, 0.1) is 38.9 Å². The number of aromatic nitrogens is 5. The summed E-state index contributed by atoms with van der Waals surface area (Å²) in [6, 6.07) is 6.26. The van der Waals surface area contributed by atoms with E-state index in [-0.39, 0.29) is 28.9 Å². The number of nitrogens with zero attached hydrogens (tertiary/aromatic N) is 5. The van der Waals surface area contributed by atoms with E-state index in [0.717, 1.165) is 0 Å². The molecule has 0 saturated carbocycles. The van der Waals surface area contributed by atoms with Crippen molar-refractivity contribution in [2.75, 3.05) is 0 Å².